The van der Waals surface area contributed by atoms with Gasteiger partial charge in [0.25, 0.3) is 5.82 Å². The molecule has 1 fully saturated rings. The number of hydrogen-bond acceptors (Lipinski definition) is 1. The molecule has 0 atom stereocenters. The molecule has 0 radical (unpaired) electrons. The summed E-state index contributed by atoms with van der Waals surface area (Å²) in [5.41, 5.74) is -0.761. The van der Waals surface area contributed by atoms with Gasteiger partial charge in [-0.25, -0.2) is 4.98 Å². The van der Waals surface area contributed by atoms with Crippen LogP contribution in [0.15, 0.2) is 36.8 Å². The molecular weight excluding hydrogens is 315 g/mol. The largest absolute Gasteiger partial charge is 0.419 e. The predicted molar refractivity (Wildman–Crippen MR) is 77.9 cm³/mol. The van der Waals surface area contributed by atoms with E-state index < -0.39 is 11.7 Å². The van der Waals surface area contributed by atoms with Crippen LogP contribution in [-0.4, -0.2) is 17.7 Å². The lowest BCUT2D eigenvalue weighted by molar-refractivity contribution is -0.367. The second-order valence-corrected chi connectivity index (χ2v) is 5.84. The summed E-state index contributed by atoms with van der Waals surface area (Å²) in [5, 5.41) is 0.106. The molecule has 3 rings (SSSR count). The van der Waals surface area contributed by atoms with E-state index in [4.69, 9.17) is 11.6 Å². The molecule has 0 bridgehead atoms. The molecule has 2 aromatic heterocycles. The van der Waals surface area contributed by atoms with E-state index >= 15 is 0 Å². The Kier molecular flexibility index (Phi) is 4.04. The molecule has 1 N–H and O–H groups in total. The van der Waals surface area contributed by atoms with E-state index in [1.165, 1.54) is 0 Å². The molecule has 0 spiro atoms. The highest BCUT2D eigenvalue weighted by Crippen LogP contribution is 2.33. The van der Waals surface area contributed by atoms with Gasteiger partial charge in [-0.3, -0.25) is 4.90 Å². The van der Waals surface area contributed by atoms with Gasteiger partial charge in [0.05, 0.1) is 18.7 Å². The van der Waals surface area contributed by atoms with Gasteiger partial charge < -0.3 is 4.57 Å². The Morgan fingerprint density at radius 2 is 1.77 bits per heavy atom. The van der Waals surface area contributed by atoms with Gasteiger partial charge in [0.1, 0.15) is 11.2 Å². The minimum absolute atomic E-state index is 0.106. The van der Waals surface area contributed by atoms with Gasteiger partial charge in [0.15, 0.2) is 0 Å². The van der Waals surface area contributed by atoms with Crippen molar-refractivity contribution in [3.05, 3.63) is 47.4 Å². The molecule has 0 aromatic carbocycles. The van der Waals surface area contributed by atoms with Crippen LogP contribution in [0.2, 0.25) is 5.02 Å². The monoisotopic (exact) mass is 330 g/mol. The lowest BCUT2D eigenvalue weighted by Crippen LogP contribution is -2.38. The van der Waals surface area contributed by atoms with Crippen molar-refractivity contribution in [2.75, 3.05) is 18.0 Å². The SMILES string of the molecule is FC(F)(F)c1c[nH+]c(N2CCC(n3cccc3)CC2)c(Cl)c1. The molecule has 0 amide bonds. The normalized spacial score (nSPS) is 17.0. The Morgan fingerprint density at radius 1 is 1.14 bits per heavy atom. The van der Waals surface area contributed by atoms with Crippen molar-refractivity contribution in [1.29, 1.82) is 0 Å². The maximum Gasteiger partial charge on any atom is 0.419 e. The van der Waals surface area contributed by atoms with Crippen LogP contribution in [0.3, 0.4) is 0 Å². The molecule has 1 aliphatic heterocycles. The molecule has 2 aromatic rings. The molecular formula is C15H16ClF3N3+. The van der Waals surface area contributed by atoms with E-state index in [1.54, 1.807) is 0 Å². The fourth-order valence-electron chi connectivity index (χ4n) is 2.85. The molecule has 0 unspecified atom stereocenters. The second-order valence-electron chi connectivity index (χ2n) is 5.43. The van der Waals surface area contributed by atoms with Gasteiger partial charge in [0, 0.05) is 31.3 Å². The average Bonchev–Trinajstić information content (AvgIpc) is 3.01. The molecule has 3 heterocycles. The lowest BCUT2D eigenvalue weighted by atomic mass is 10.0. The Bertz CT molecular complexity index is 632. The number of nitrogens with one attached hydrogen (secondary N) is 1. The zero-order valence-electron chi connectivity index (χ0n) is 11.8. The Hall–Kier alpha value is -1.69. The molecule has 22 heavy (non-hydrogen) atoms. The summed E-state index contributed by atoms with van der Waals surface area (Å²) in [6.07, 6.45) is 2.52. The minimum Gasteiger partial charge on any atom is -0.351 e. The van der Waals surface area contributed by atoms with Gasteiger partial charge in [-0.05, 0) is 18.2 Å². The Morgan fingerprint density at radius 3 is 2.32 bits per heavy atom. The topological polar surface area (TPSA) is 22.3 Å². The maximum atomic E-state index is 12.7. The number of alkyl halides is 3. The summed E-state index contributed by atoms with van der Waals surface area (Å²) < 4.78 is 40.1. The van der Waals surface area contributed by atoms with E-state index in [1.807, 2.05) is 29.4 Å². The summed E-state index contributed by atoms with van der Waals surface area (Å²) in [5.74, 6) is 0.556. The Labute approximate surface area is 131 Å². The first kappa shape index (κ1) is 15.2. The van der Waals surface area contributed by atoms with Crippen molar-refractivity contribution in [3.8, 4) is 0 Å². The molecule has 118 valence electrons. The van der Waals surface area contributed by atoms with Crippen LogP contribution in [0.5, 0.6) is 0 Å². The summed E-state index contributed by atoms with van der Waals surface area (Å²) in [6, 6.07) is 5.39. The highest BCUT2D eigenvalue weighted by molar-refractivity contribution is 6.32. The molecule has 1 aliphatic rings. The highest BCUT2D eigenvalue weighted by atomic mass is 35.5. The third kappa shape index (κ3) is 3.06. The zero-order chi connectivity index (χ0) is 15.7. The molecule has 0 saturated carbocycles. The molecule has 7 heteroatoms. The highest BCUT2D eigenvalue weighted by Gasteiger charge is 2.34. The van der Waals surface area contributed by atoms with E-state index in [-0.39, 0.29) is 5.02 Å². The summed E-state index contributed by atoms with van der Waals surface area (Å²) in [7, 11) is 0. The number of anilines is 1. The van der Waals surface area contributed by atoms with Crippen LogP contribution < -0.4 is 9.88 Å². The summed E-state index contributed by atoms with van der Waals surface area (Å²) in [4.78, 5) is 4.70. The number of rotatable bonds is 2. The quantitative estimate of drug-likeness (QED) is 0.820. The van der Waals surface area contributed by atoms with Crippen LogP contribution in [0.1, 0.15) is 24.4 Å². The van der Waals surface area contributed by atoms with Crippen LogP contribution in [0, 0.1) is 0 Å². The minimum atomic E-state index is -4.39. The number of aromatic nitrogens is 2. The first-order chi connectivity index (χ1) is 10.4. The Balaban J connectivity index is 1.71. The smallest absolute Gasteiger partial charge is 0.351 e. The number of hydrogen-bond donors (Lipinski definition) is 0. The van der Waals surface area contributed by atoms with Gasteiger partial charge in [0.2, 0.25) is 0 Å². The van der Waals surface area contributed by atoms with Crippen LogP contribution in [-0.2, 0) is 6.18 Å². The number of pyridine rings is 1. The molecule has 0 aliphatic carbocycles. The average molecular weight is 331 g/mol. The lowest BCUT2D eigenvalue weighted by Gasteiger charge is -2.29. The van der Waals surface area contributed by atoms with Gasteiger partial charge in [-0.15, -0.1) is 0 Å². The van der Waals surface area contributed by atoms with Crippen LogP contribution in [0.4, 0.5) is 19.0 Å². The molecule has 3 nitrogen and oxygen atoms in total. The number of piperidine rings is 1. The summed E-state index contributed by atoms with van der Waals surface area (Å²) >= 11 is 6.03. The maximum absolute atomic E-state index is 12.7. The fourth-order valence-corrected chi connectivity index (χ4v) is 3.14. The van der Waals surface area contributed by atoms with Crippen molar-refractivity contribution in [2.45, 2.75) is 25.1 Å². The van der Waals surface area contributed by atoms with Gasteiger partial charge >= 0.3 is 6.18 Å². The van der Waals surface area contributed by atoms with E-state index in [0.717, 1.165) is 38.2 Å². The predicted octanol–water partition coefficient (Wildman–Crippen LogP) is 3.82. The van der Waals surface area contributed by atoms with E-state index in [9.17, 15) is 13.2 Å². The van der Waals surface area contributed by atoms with Crippen LogP contribution >= 0.6 is 11.6 Å². The van der Waals surface area contributed by atoms with Gasteiger partial charge in [-0.2, -0.15) is 13.2 Å². The number of aromatic amines is 1. The first-order valence-corrected chi connectivity index (χ1v) is 7.49. The first-order valence-electron chi connectivity index (χ1n) is 7.11. The third-order valence-corrected chi connectivity index (χ3v) is 4.32. The number of halogens is 4. The van der Waals surface area contributed by atoms with Crippen molar-refractivity contribution in [2.24, 2.45) is 0 Å². The second kappa shape index (κ2) is 5.83. The van der Waals surface area contributed by atoms with E-state index in [2.05, 4.69) is 9.55 Å². The summed E-state index contributed by atoms with van der Waals surface area (Å²) in [6.45, 7) is 1.51. The third-order valence-electron chi connectivity index (χ3n) is 4.03. The number of nitrogens with zero attached hydrogens (tertiary/aromatic N) is 2. The van der Waals surface area contributed by atoms with E-state index in [0.29, 0.717) is 11.9 Å². The number of H-pyrrole nitrogens is 1. The van der Waals surface area contributed by atoms with Crippen molar-refractivity contribution in [1.82, 2.24) is 4.57 Å². The zero-order valence-corrected chi connectivity index (χ0v) is 12.5. The fraction of sp³-hybridized carbons (Fsp3) is 0.400. The standard InChI is InChI=1S/C15H15ClF3N3/c16-13-9-11(15(17,18)19)10-20-14(13)22-7-3-12(4-8-22)21-5-1-2-6-21/h1-2,5-6,9-10,12H,3-4,7-8H2/p+1. The van der Waals surface area contributed by atoms with Crippen molar-refractivity contribution in [3.63, 3.8) is 0 Å². The molecule has 1 saturated heterocycles. The van der Waals surface area contributed by atoms with Crippen LogP contribution in [0.25, 0.3) is 0 Å². The van der Waals surface area contributed by atoms with Gasteiger partial charge in [-0.1, -0.05) is 11.6 Å². The van der Waals surface area contributed by atoms with Crippen molar-refractivity contribution >= 4 is 17.4 Å². The van der Waals surface area contributed by atoms with Crippen molar-refractivity contribution < 1.29 is 18.2 Å².